The Kier molecular flexibility index (Phi) is 6.17. The fraction of sp³-hybridized carbons (Fsp3) is 0.190. The Hall–Kier alpha value is -3.26. The van der Waals surface area contributed by atoms with Crippen molar-refractivity contribution in [1.29, 1.82) is 0 Å². The van der Waals surface area contributed by atoms with E-state index < -0.39 is 6.29 Å². The smallest absolute Gasteiger partial charge is 0.395 e. The molecule has 2 aromatic carbocycles. The van der Waals surface area contributed by atoms with Crippen molar-refractivity contribution in [2.24, 2.45) is 0 Å². The van der Waals surface area contributed by atoms with E-state index >= 15 is 0 Å². The van der Waals surface area contributed by atoms with E-state index in [0.717, 1.165) is 5.56 Å². The van der Waals surface area contributed by atoms with Crippen LogP contribution in [0.2, 0.25) is 5.02 Å². The first kappa shape index (κ1) is 21.4. The lowest BCUT2D eigenvalue weighted by molar-refractivity contribution is -0.286. The molecule has 4 rings (SSSR count). The third-order valence-electron chi connectivity index (χ3n) is 4.05. The summed E-state index contributed by atoms with van der Waals surface area (Å²) in [6.45, 7) is 5.83. The molecular formula is C21H18ClF2N3O3. The SMILES string of the molecule is CC.Cc1ccccc1C(=O)Nc1cnc(-c2cc3c(cc2Cl)OC(F)(F)O3)cn1. The number of carbonyl (C=O) groups is 1. The zero-order chi connectivity index (χ0) is 21.9. The number of fused-ring (bicyclic) bond motifs is 1. The lowest BCUT2D eigenvalue weighted by Gasteiger charge is -2.08. The molecule has 1 amide bonds. The predicted octanol–water partition coefficient (Wildman–Crippen LogP) is 5.71. The number of ether oxygens (including phenoxy) is 2. The molecule has 0 unspecified atom stereocenters. The third kappa shape index (κ3) is 4.49. The van der Waals surface area contributed by atoms with E-state index in [2.05, 4.69) is 24.8 Å². The van der Waals surface area contributed by atoms with Gasteiger partial charge < -0.3 is 14.8 Å². The monoisotopic (exact) mass is 433 g/mol. The van der Waals surface area contributed by atoms with Gasteiger partial charge in [-0.1, -0.05) is 43.6 Å². The number of rotatable bonds is 3. The van der Waals surface area contributed by atoms with Crippen molar-refractivity contribution >= 4 is 23.3 Å². The van der Waals surface area contributed by atoms with Crippen molar-refractivity contribution in [3.05, 3.63) is 64.9 Å². The maximum absolute atomic E-state index is 13.2. The Bertz CT molecular complexity index is 1080. The van der Waals surface area contributed by atoms with E-state index in [1.807, 2.05) is 32.9 Å². The van der Waals surface area contributed by atoms with Gasteiger partial charge in [0.2, 0.25) is 0 Å². The number of carbonyl (C=O) groups excluding carboxylic acids is 1. The maximum atomic E-state index is 13.2. The molecule has 3 aromatic rings. The molecule has 6 nitrogen and oxygen atoms in total. The van der Waals surface area contributed by atoms with Crippen LogP contribution in [0.3, 0.4) is 0 Å². The molecule has 2 heterocycles. The van der Waals surface area contributed by atoms with Gasteiger partial charge in [-0.05, 0) is 24.6 Å². The zero-order valence-corrected chi connectivity index (χ0v) is 17.1. The molecule has 0 saturated carbocycles. The van der Waals surface area contributed by atoms with Crippen LogP contribution in [0.1, 0.15) is 29.8 Å². The first-order chi connectivity index (χ1) is 14.3. The lowest BCUT2D eigenvalue weighted by Crippen LogP contribution is -2.25. The lowest BCUT2D eigenvalue weighted by atomic mass is 10.1. The Morgan fingerprint density at radius 2 is 1.73 bits per heavy atom. The molecule has 9 heteroatoms. The largest absolute Gasteiger partial charge is 0.586 e. The molecule has 0 saturated heterocycles. The number of nitrogens with zero attached hydrogens (tertiary/aromatic N) is 2. The molecule has 0 bridgehead atoms. The van der Waals surface area contributed by atoms with Crippen LogP contribution in [-0.2, 0) is 0 Å². The van der Waals surface area contributed by atoms with Gasteiger partial charge in [-0.25, -0.2) is 4.98 Å². The number of aryl methyl sites for hydroxylation is 1. The van der Waals surface area contributed by atoms with Gasteiger partial charge >= 0.3 is 6.29 Å². The molecule has 1 aromatic heterocycles. The molecule has 30 heavy (non-hydrogen) atoms. The number of nitrogens with one attached hydrogen (secondary N) is 1. The summed E-state index contributed by atoms with van der Waals surface area (Å²) in [7, 11) is 0. The standard InChI is InChI=1S/C19H12ClF2N3O3.C2H6/c1-10-4-2-3-5-11(10)18(26)25-17-9-23-14(8-24-17)12-6-15-16(7-13(12)20)28-19(21,22)27-15;1-2/h2-9H,1H3,(H,24,25,26);1-2H3. The van der Waals surface area contributed by atoms with Gasteiger partial charge in [0.25, 0.3) is 5.91 Å². The summed E-state index contributed by atoms with van der Waals surface area (Å²) in [4.78, 5) is 20.7. The van der Waals surface area contributed by atoms with E-state index in [-0.39, 0.29) is 28.2 Å². The van der Waals surface area contributed by atoms with Gasteiger partial charge in [-0.3, -0.25) is 9.78 Å². The zero-order valence-electron chi connectivity index (χ0n) is 16.4. The second-order valence-electron chi connectivity index (χ2n) is 6.00. The topological polar surface area (TPSA) is 73.3 Å². The average molecular weight is 434 g/mol. The molecule has 0 fully saturated rings. The van der Waals surface area contributed by atoms with Gasteiger partial charge in [-0.15, -0.1) is 8.78 Å². The van der Waals surface area contributed by atoms with Crippen LogP contribution in [0.25, 0.3) is 11.3 Å². The molecule has 1 N–H and O–H groups in total. The van der Waals surface area contributed by atoms with Crippen molar-refractivity contribution in [2.75, 3.05) is 5.32 Å². The Morgan fingerprint density at radius 3 is 2.37 bits per heavy atom. The Balaban J connectivity index is 0.00000124. The van der Waals surface area contributed by atoms with Gasteiger partial charge in [-0.2, -0.15) is 0 Å². The predicted molar refractivity (Wildman–Crippen MR) is 109 cm³/mol. The van der Waals surface area contributed by atoms with Gasteiger partial charge in [0, 0.05) is 17.2 Å². The van der Waals surface area contributed by atoms with Crippen LogP contribution in [0, 0.1) is 6.92 Å². The molecular weight excluding hydrogens is 416 g/mol. The summed E-state index contributed by atoms with van der Waals surface area (Å²) in [6, 6.07) is 9.66. The minimum atomic E-state index is -3.74. The van der Waals surface area contributed by atoms with E-state index in [1.165, 1.54) is 24.5 Å². The Morgan fingerprint density at radius 1 is 1.07 bits per heavy atom. The summed E-state index contributed by atoms with van der Waals surface area (Å²) in [5.74, 6) is -0.388. The van der Waals surface area contributed by atoms with Crippen molar-refractivity contribution in [3.8, 4) is 22.8 Å². The second kappa shape index (κ2) is 8.62. The van der Waals surface area contributed by atoms with E-state index in [4.69, 9.17) is 11.6 Å². The van der Waals surface area contributed by atoms with Gasteiger partial charge in [0.05, 0.1) is 23.1 Å². The number of hydrogen-bond acceptors (Lipinski definition) is 5. The van der Waals surface area contributed by atoms with Crippen molar-refractivity contribution < 1.29 is 23.0 Å². The van der Waals surface area contributed by atoms with E-state index in [9.17, 15) is 13.6 Å². The van der Waals surface area contributed by atoms with E-state index in [1.54, 1.807) is 12.1 Å². The molecule has 156 valence electrons. The van der Waals surface area contributed by atoms with E-state index in [0.29, 0.717) is 16.8 Å². The number of anilines is 1. The second-order valence-corrected chi connectivity index (χ2v) is 6.41. The fourth-order valence-electron chi connectivity index (χ4n) is 2.71. The van der Waals surface area contributed by atoms with Gasteiger partial charge in [0.1, 0.15) is 0 Å². The minimum Gasteiger partial charge on any atom is -0.395 e. The van der Waals surface area contributed by atoms with Gasteiger partial charge in [0.15, 0.2) is 17.3 Å². The van der Waals surface area contributed by atoms with Crippen molar-refractivity contribution in [1.82, 2.24) is 9.97 Å². The summed E-state index contributed by atoms with van der Waals surface area (Å²) < 4.78 is 35.2. The highest BCUT2D eigenvalue weighted by Crippen LogP contribution is 2.45. The average Bonchev–Trinajstić information content (AvgIpc) is 3.02. The van der Waals surface area contributed by atoms with Crippen LogP contribution >= 0.6 is 11.6 Å². The first-order valence-corrected chi connectivity index (χ1v) is 9.49. The van der Waals surface area contributed by atoms with Crippen LogP contribution in [0.15, 0.2) is 48.8 Å². The third-order valence-corrected chi connectivity index (χ3v) is 4.36. The van der Waals surface area contributed by atoms with Crippen LogP contribution < -0.4 is 14.8 Å². The molecule has 1 aliphatic heterocycles. The van der Waals surface area contributed by atoms with Crippen LogP contribution in [-0.4, -0.2) is 22.2 Å². The highest BCUT2D eigenvalue weighted by molar-refractivity contribution is 6.33. The molecule has 0 radical (unpaired) electrons. The number of benzene rings is 2. The highest BCUT2D eigenvalue weighted by atomic mass is 35.5. The normalized spacial score (nSPS) is 13.3. The fourth-order valence-corrected chi connectivity index (χ4v) is 2.96. The summed E-state index contributed by atoms with van der Waals surface area (Å²) >= 11 is 6.14. The summed E-state index contributed by atoms with van der Waals surface area (Å²) in [5.41, 5.74) is 2.01. The number of aromatic nitrogens is 2. The van der Waals surface area contributed by atoms with Crippen molar-refractivity contribution in [2.45, 2.75) is 27.1 Å². The first-order valence-electron chi connectivity index (χ1n) is 9.11. The molecule has 0 aliphatic carbocycles. The van der Waals surface area contributed by atoms with Crippen molar-refractivity contribution in [3.63, 3.8) is 0 Å². The van der Waals surface area contributed by atoms with Crippen LogP contribution in [0.5, 0.6) is 11.5 Å². The quantitative estimate of drug-likeness (QED) is 0.573. The number of halogens is 3. The molecule has 0 spiro atoms. The number of amides is 1. The summed E-state index contributed by atoms with van der Waals surface area (Å²) in [5, 5.41) is 2.80. The molecule has 0 atom stereocenters. The Labute approximate surface area is 176 Å². The number of alkyl halides is 2. The number of hydrogen-bond donors (Lipinski definition) is 1. The minimum absolute atomic E-state index is 0.144. The maximum Gasteiger partial charge on any atom is 0.586 e. The van der Waals surface area contributed by atoms with Crippen LogP contribution in [0.4, 0.5) is 14.6 Å². The molecule has 1 aliphatic rings. The highest BCUT2D eigenvalue weighted by Gasteiger charge is 2.43. The summed E-state index contributed by atoms with van der Waals surface area (Å²) in [6.07, 6.45) is -1.02.